The average molecular weight is 290 g/mol. The van der Waals surface area contributed by atoms with Crippen LogP contribution in [0.1, 0.15) is 35.8 Å². The summed E-state index contributed by atoms with van der Waals surface area (Å²) in [5.41, 5.74) is -1.14. The highest BCUT2D eigenvalue weighted by Gasteiger charge is 2.32. The van der Waals surface area contributed by atoms with Gasteiger partial charge in [-0.2, -0.15) is 13.2 Å². The standard InChI is InChI=1S/C12H13F3N2O3/c1-2-8(5-10(18)19)17-11(20)7-3-4-9(16-6-7)12(13,14)15/h3-4,6,8H,2,5H2,1H3,(H,17,20)(H,18,19). The van der Waals surface area contributed by atoms with Crippen molar-refractivity contribution < 1.29 is 27.9 Å². The molecule has 2 N–H and O–H groups in total. The molecule has 0 aliphatic rings. The van der Waals surface area contributed by atoms with Gasteiger partial charge in [0.05, 0.1) is 12.0 Å². The van der Waals surface area contributed by atoms with E-state index in [4.69, 9.17) is 5.11 Å². The maximum absolute atomic E-state index is 12.3. The Labute approximate surface area is 112 Å². The third-order valence-electron chi connectivity index (χ3n) is 2.57. The second-order valence-electron chi connectivity index (χ2n) is 4.11. The van der Waals surface area contributed by atoms with Crippen molar-refractivity contribution in [1.29, 1.82) is 0 Å². The topological polar surface area (TPSA) is 79.3 Å². The first-order valence-electron chi connectivity index (χ1n) is 5.80. The third kappa shape index (κ3) is 4.52. The lowest BCUT2D eigenvalue weighted by Crippen LogP contribution is -2.36. The van der Waals surface area contributed by atoms with Crippen LogP contribution in [0.15, 0.2) is 18.3 Å². The largest absolute Gasteiger partial charge is 0.481 e. The number of alkyl halides is 3. The summed E-state index contributed by atoms with van der Waals surface area (Å²) in [5, 5.41) is 11.1. The Morgan fingerprint density at radius 3 is 2.45 bits per heavy atom. The maximum Gasteiger partial charge on any atom is 0.433 e. The number of halogens is 3. The SMILES string of the molecule is CCC(CC(=O)O)NC(=O)c1ccc(C(F)(F)F)nc1. The van der Waals surface area contributed by atoms with Crippen LogP contribution < -0.4 is 5.32 Å². The third-order valence-corrected chi connectivity index (χ3v) is 2.57. The fraction of sp³-hybridized carbons (Fsp3) is 0.417. The Morgan fingerprint density at radius 1 is 1.40 bits per heavy atom. The summed E-state index contributed by atoms with van der Waals surface area (Å²) >= 11 is 0. The maximum atomic E-state index is 12.3. The number of amides is 1. The van der Waals surface area contributed by atoms with Crippen LogP contribution in [0.4, 0.5) is 13.2 Å². The zero-order chi connectivity index (χ0) is 15.3. The molecule has 1 aromatic rings. The van der Waals surface area contributed by atoms with E-state index in [0.717, 1.165) is 12.3 Å². The fourth-order valence-corrected chi connectivity index (χ4v) is 1.47. The monoisotopic (exact) mass is 290 g/mol. The van der Waals surface area contributed by atoms with E-state index in [1.54, 1.807) is 6.92 Å². The molecular weight excluding hydrogens is 277 g/mol. The molecular formula is C12H13F3N2O3. The second kappa shape index (κ2) is 6.36. The van der Waals surface area contributed by atoms with Crippen molar-refractivity contribution in [2.45, 2.75) is 32.0 Å². The number of carbonyl (C=O) groups is 2. The molecule has 1 unspecified atom stereocenters. The lowest BCUT2D eigenvalue weighted by molar-refractivity contribution is -0.141. The summed E-state index contributed by atoms with van der Waals surface area (Å²) in [6, 6.07) is 1.12. The van der Waals surface area contributed by atoms with Gasteiger partial charge in [0.25, 0.3) is 5.91 Å². The van der Waals surface area contributed by atoms with Gasteiger partial charge in [0.1, 0.15) is 5.69 Å². The van der Waals surface area contributed by atoms with Crippen LogP contribution in [-0.4, -0.2) is 28.0 Å². The van der Waals surface area contributed by atoms with E-state index in [-0.39, 0.29) is 12.0 Å². The molecule has 1 rings (SSSR count). The minimum absolute atomic E-state index is 0.0539. The molecule has 0 saturated heterocycles. The first-order valence-corrected chi connectivity index (χ1v) is 5.80. The van der Waals surface area contributed by atoms with Gasteiger partial charge in [-0.15, -0.1) is 0 Å². The molecule has 20 heavy (non-hydrogen) atoms. The van der Waals surface area contributed by atoms with Gasteiger partial charge in [-0.25, -0.2) is 0 Å². The lowest BCUT2D eigenvalue weighted by atomic mass is 10.1. The van der Waals surface area contributed by atoms with Gasteiger partial charge in [-0.05, 0) is 18.6 Å². The van der Waals surface area contributed by atoms with Crippen molar-refractivity contribution in [3.63, 3.8) is 0 Å². The molecule has 0 saturated carbocycles. The van der Waals surface area contributed by atoms with Crippen molar-refractivity contribution in [3.8, 4) is 0 Å². The molecule has 0 radical (unpaired) electrons. The molecule has 8 heteroatoms. The quantitative estimate of drug-likeness (QED) is 0.870. The number of carboxylic acids is 1. The number of carbonyl (C=O) groups excluding carboxylic acids is 1. The summed E-state index contributed by atoms with van der Waals surface area (Å²) in [4.78, 5) is 25.4. The van der Waals surface area contributed by atoms with Crippen LogP contribution in [0.3, 0.4) is 0 Å². The Bertz CT molecular complexity index is 486. The van der Waals surface area contributed by atoms with Gasteiger partial charge < -0.3 is 10.4 Å². The number of pyridine rings is 1. The number of aromatic nitrogens is 1. The lowest BCUT2D eigenvalue weighted by Gasteiger charge is -2.14. The van der Waals surface area contributed by atoms with Crippen molar-refractivity contribution in [2.24, 2.45) is 0 Å². The highest BCUT2D eigenvalue weighted by molar-refractivity contribution is 5.94. The van der Waals surface area contributed by atoms with Crippen molar-refractivity contribution in [3.05, 3.63) is 29.6 Å². The minimum Gasteiger partial charge on any atom is -0.481 e. The van der Waals surface area contributed by atoms with Crippen LogP contribution in [0, 0.1) is 0 Å². The van der Waals surface area contributed by atoms with E-state index in [2.05, 4.69) is 10.3 Å². The van der Waals surface area contributed by atoms with Crippen LogP contribution in [0.25, 0.3) is 0 Å². The van der Waals surface area contributed by atoms with E-state index in [1.807, 2.05) is 0 Å². The molecule has 0 spiro atoms. The number of hydrogen-bond donors (Lipinski definition) is 2. The predicted molar refractivity (Wildman–Crippen MR) is 63.0 cm³/mol. The minimum atomic E-state index is -4.57. The number of nitrogens with zero attached hydrogens (tertiary/aromatic N) is 1. The zero-order valence-corrected chi connectivity index (χ0v) is 10.6. The number of nitrogens with one attached hydrogen (secondary N) is 1. The van der Waals surface area contributed by atoms with E-state index in [0.29, 0.717) is 12.5 Å². The number of carboxylic acid groups (broad SMARTS) is 1. The van der Waals surface area contributed by atoms with Gasteiger partial charge in [0.2, 0.25) is 0 Å². The summed E-state index contributed by atoms with van der Waals surface area (Å²) in [5.74, 6) is -1.72. The van der Waals surface area contributed by atoms with Crippen molar-refractivity contribution >= 4 is 11.9 Å². The molecule has 1 heterocycles. The molecule has 0 aromatic carbocycles. The van der Waals surface area contributed by atoms with E-state index < -0.39 is 29.8 Å². The molecule has 1 atom stereocenters. The van der Waals surface area contributed by atoms with Gasteiger partial charge in [-0.1, -0.05) is 6.92 Å². The summed E-state index contributed by atoms with van der Waals surface area (Å²) in [6.07, 6.45) is -3.61. The van der Waals surface area contributed by atoms with E-state index >= 15 is 0 Å². The average Bonchev–Trinajstić information content (AvgIpc) is 2.36. The molecule has 0 bridgehead atoms. The van der Waals surface area contributed by atoms with Gasteiger partial charge in [0, 0.05) is 12.2 Å². The van der Waals surface area contributed by atoms with E-state index in [1.165, 1.54) is 0 Å². The van der Waals surface area contributed by atoms with Gasteiger partial charge in [0.15, 0.2) is 0 Å². The normalized spacial score (nSPS) is 12.8. The number of aliphatic carboxylic acids is 1. The van der Waals surface area contributed by atoms with Crippen LogP contribution in [0.5, 0.6) is 0 Å². The second-order valence-corrected chi connectivity index (χ2v) is 4.11. The van der Waals surface area contributed by atoms with Crippen LogP contribution >= 0.6 is 0 Å². The summed E-state index contributed by atoms with van der Waals surface area (Å²) in [7, 11) is 0. The highest BCUT2D eigenvalue weighted by atomic mass is 19.4. The molecule has 5 nitrogen and oxygen atoms in total. The first-order chi connectivity index (χ1) is 9.24. The Hall–Kier alpha value is -2.12. The van der Waals surface area contributed by atoms with E-state index in [9.17, 15) is 22.8 Å². The van der Waals surface area contributed by atoms with Crippen molar-refractivity contribution in [2.75, 3.05) is 0 Å². The van der Waals surface area contributed by atoms with Crippen LogP contribution in [-0.2, 0) is 11.0 Å². The number of hydrogen-bond acceptors (Lipinski definition) is 3. The number of rotatable bonds is 5. The van der Waals surface area contributed by atoms with Gasteiger partial charge in [-0.3, -0.25) is 14.6 Å². The molecule has 0 aliphatic heterocycles. The summed E-state index contributed by atoms with van der Waals surface area (Å²) < 4.78 is 36.9. The Balaban J connectivity index is 2.75. The molecule has 1 aromatic heterocycles. The smallest absolute Gasteiger partial charge is 0.433 e. The molecule has 1 amide bonds. The van der Waals surface area contributed by atoms with Crippen molar-refractivity contribution in [1.82, 2.24) is 10.3 Å². The zero-order valence-electron chi connectivity index (χ0n) is 10.6. The summed E-state index contributed by atoms with van der Waals surface area (Å²) in [6.45, 7) is 1.69. The fourth-order valence-electron chi connectivity index (χ4n) is 1.47. The predicted octanol–water partition coefficient (Wildman–Crippen LogP) is 2.08. The first kappa shape index (κ1) is 15.9. The Morgan fingerprint density at radius 2 is 2.05 bits per heavy atom. The molecule has 110 valence electrons. The molecule has 0 aliphatic carbocycles. The van der Waals surface area contributed by atoms with Crippen LogP contribution in [0.2, 0.25) is 0 Å². The Kier molecular flexibility index (Phi) is 5.06. The van der Waals surface area contributed by atoms with Gasteiger partial charge >= 0.3 is 12.1 Å². The molecule has 0 fully saturated rings. The highest BCUT2D eigenvalue weighted by Crippen LogP contribution is 2.27.